The number of carbonyl (C=O) groups excluding carboxylic acids is 1. The Kier molecular flexibility index (Phi) is 5.37. The molecule has 7 heteroatoms. The SMILES string of the molecule is Cc1cccc(C(=O)N2CCN(c3cc(Nc4cc(C)ccn4)ncn3)CC2)c1. The van der Waals surface area contributed by atoms with Crippen LogP contribution in [0.2, 0.25) is 0 Å². The first kappa shape index (κ1) is 18.9. The number of carbonyl (C=O) groups is 1. The minimum atomic E-state index is 0.0870. The lowest BCUT2D eigenvalue weighted by atomic mass is 10.1. The van der Waals surface area contributed by atoms with Crippen molar-refractivity contribution in [3.05, 3.63) is 71.7 Å². The van der Waals surface area contributed by atoms with Crippen LogP contribution in [-0.2, 0) is 0 Å². The quantitative estimate of drug-likeness (QED) is 0.740. The molecule has 0 bridgehead atoms. The van der Waals surface area contributed by atoms with Crippen molar-refractivity contribution in [3.8, 4) is 0 Å². The lowest BCUT2D eigenvalue weighted by molar-refractivity contribution is 0.0746. The van der Waals surface area contributed by atoms with Gasteiger partial charge in [-0.2, -0.15) is 0 Å². The summed E-state index contributed by atoms with van der Waals surface area (Å²) in [5.41, 5.74) is 2.97. The zero-order valence-corrected chi connectivity index (χ0v) is 16.7. The molecule has 2 aromatic heterocycles. The number of benzene rings is 1. The fourth-order valence-corrected chi connectivity index (χ4v) is 3.42. The van der Waals surface area contributed by atoms with E-state index in [0.29, 0.717) is 18.9 Å². The molecule has 0 atom stereocenters. The second-order valence-corrected chi connectivity index (χ2v) is 7.25. The highest BCUT2D eigenvalue weighted by molar-refractivity contribution is 5.94. The van der Waals surface area contributed by atoms with Crippen molar-refractivity contribution in [1.29, 1.82) is 0 Å². The van der Waals surface area contributed by atoms with E-state index in [2.05, 4.69) is 25.2 Å². The Hall–Kier alpha value is -3.48. The molecule has 0 radical (unpaired) electrons. The molecule has 3 aromatic rings. The molecule has 1 aromatic carbocycles. The molecule has 3 heterocycles. The van der Waals surface area contributed by atoms with Gasteiger partial charge in [0.2, 0.25) is 0 Å². The number of aromatic nitrogens is 3. The third-order valence-corrected chi connectivity index (χ3v) is 4.98. The second-order valence-electron chi connectivity index (χ2n) is 7.25. The van der Waals surface area contributed by atoms with Gasteiger partial charge in [-0.1, -0.05) is 17.7 Å². The van der Waals surface area contributed by atoms with Crippen LogP contribution in [0.15, 0.2) is 55.0 Å². The van der Waals surface area contributed by atoms with E-state index < -0.39 is 0 Å². The monoisotopic (exact) mass is 388 g/mol. The lowest BCUT2D eigenvalue weighted by Gasteiger charge is -2.35. The fraction of sp³-hybridized carbons (Fsp3) is 0.273. The van der Waals surface area contributed by atoms with Gasteiger partial charge in [-0.25, -0.2) is 15.0 Å². The Morgan fingerprint density at radius 1 is 0.897 bits per heavy atom. The molecule has 0 spiro atoms. The molecule has 1 aliphatic heterocycles. The fourth-order valence-electron chi connectivity index (χ4n) is 3.42. The van der Waals surface area contributed by atoms with Gasteiger partial charge >= 0.3 is 0 Å². The van der Waals surface area contributed by atoms with E-state index in [0.717, 1.165) is 41.4 Å². The molecule has 0 saturated carbocycles. The Morgan fingerprint density at radius 3 is 2.41 bits per heavy atom. The molecular formula is C22H24N6O. The van der Waals surface area contributed by atoms with Crippen LogP contribution >= 0.6 is 0 Å². The average Bonchev–Trinajstić information content (AvgIpc) is 2.74. The van der Waals surface area contributed by atoms with E-state index in [4.69, 9.17) is 0 Å². The number of hydrogen-bond donors (Lipinski definition) is 1. The molecule has 0 aliphatic carbocycles. The number of rotatable bonds is 4. The van der Waals surface area contributed by atoms with E-state index in [1.165, 1.54) is 0 Å². The Balaban J connectivity index is 1.40. The van der Waals surface area contributed by atoms with Crippen LogP contribution < -0.4 is 10.2 Å². The largest absolute Gasteiger partial charge is 0.353 e. The van der Waals surface area contributed by atoms with Gasteiger partial charge in [0.15, 0.2) is 0 Å². The van der Waals surface area contributed by atoms with Crippen LogP contribution in [0.4, 0.5) is 17.5 Å². The molecular weight excluding hydrogens is 364 g/mol. The normalized spacial score (nSPS) is 14.0. The Morgan fingerprint density at radius 2 is 1.66 bits per heavy atom. The third-order valence-electron chi connectivity index (χ3n) is 4.98. The first-order chi connectivity index (χ1) is 14.1. The van der Waals surface area contributed by atoms with Crippen molar-refractivity contribution in [2.45, 2.75) is 13.8 Å². The first-order valence-corrected chi connectivity index (χ1v) is 9.71. The molecule has 29 heavy (non-hydrogen) atoms. The van der Waals surface area contributed by atoms with E-state index >= 15 is 0 Å². The van der Waals surface area contributed by atoms with Crippen LogP contribution in [0.25, 0.3) is 0 Å². The average molecular weight is 388 g/mol. The summed E-state index contributed by atoms with van der Waals surface area (Å²) in [6, 6.07) is 13.6. The van der Waals surface area contributed by atoms with Gasteiger partial charge in [-0.3, -0.25) is 4.79 Å². The Labute approximate surface area is 170 Å². The van der Waals surface area contributed by atoms with Crippen LogP contribution in [0.3, 0.4) is 0 Å². The highest BCUT2D eigenvalue weighted by Crippen LogP contribution is 2.20. The summed E-state index contributed by atoms with van der Waals surface area (Å²) >= 11 is 0. The van der Waals surface area contributed by atoms with Crippen molar-refractivity contribution >= 4 is 23.4 Å². The summed E-state index contributed by atoms with van der Waals surface area (Å²) in [4.78, 5) is 29.8. The van der Waals surface area contributed by atoms with Gasteiger partial charge in [0, 0.05) is 44.0 Å². The van der Waals surface area contributed by atoms with Gasteiger partial charge in [0.25, 0.3) is 5.91 Å². The number of piperazine rings is 1. The zero-order valence-electron chi connectivity index (χ0n) is 16.7. The lowest BCUT2D eigenvalue weighted by Crippen LogP contribution is -2.49. The second kappa shape index (κ2) is 8.26. The van der Waals surface area contributed by atoms with Gasteiger partial charge in [0.05, 0.1) is 0 Å². The molecule has 1 N–H and O–H groups in total. The summed E-state index contributed by atoms with van der Waals surface area (Å²) in [6.45, 7) is 6.82. The smallest absolute Gasteiger partial charge is 0.253 e. The summed E-state index contributed by atoms with van der Waals surface area (Å²) in [7, 11) is 0. The predicted molar refractivity (Wildman–Crippen MR) is 114 cm³/mol. The van der Waals surface area contributed by atoms with Gasteiger partial charge in [-0.05, 0) is 43.7 Å². The zero-order chi connectivity index (χ0) is 20.2. The van der Waals surface area contributed by atoms with Crippen molar-refractivity contribution in [2.24, 2.45) is 0 Å². The summed E-state index contributed by atoms with van der Waals surface area (Å²) in [6.07, 6.45) is 3.32. The number of hydrogen-bond acceptors (Lipinski definition) is 6. The maximum absolute atomic E-state index is 12.7. The van der Waals surface area contributed by atoms with Crippen molar-refractivity contribution in [2.75, 3.05) is 36.4 Å². The molecule has 1 amide bonds. The number of aryl methyl sites for hydroxylation is 2. The van der Waals surface area contributed by atoms with E-state index in [1.807, 2.05) is 61.2 Å². The van der Waals surface area contributed by atoms with E-state index in [1.54, 1.807) is 12.5 Å². The molecule has 1 aliphatic rings. The minimum Gasteiger partial charge on any atom is -0.353 e. The summed E-state index contributed by atoms with van der Waals surface area (Å²) < 4.78 is 0. The summed E-state index contributed by atoms with van der Waals surface area (Å²) in [5, 5.41) is 3.22. The maximum Gasteiger partial charge on any atom is 0.253 e. The number of nitrogens with one attached hydrogen (secondary N) is 1. The van der Waals surface area contributed by atoms with E-state index in [9.17, 15) is 4.79 Å². The van der Waals surface area contributed by atoms with Crippen LogP contribution in [0.5, 0.6) is 0 Å². The van der Waals surface area contributed by atoms with Gasteiger partial charge in [0.1, 0.15) is 23.8 Å². The van der Waals surface area contributed by atoms with E-state index in [-0.39, 0.29) is 5.91 Å². The molecule has 7 nitrogen and oxygen atoms in total. The molecule has 4 rings (SSSR count). The predicted octanol–water partition coefficient (Wildman–Crippen LogP) is 3.19. The van der Waals surface area contributed by atoms with Gasteiger partial charge < -0.3 is 15.1 Å². The van der Waals surface area contributed by atoms with Gasteiger partial charge in [-0.15, -0.1) is 0 Å². The first-order valence-electron chi connectivity index (χ1n) is 9.71. The number of nitrogens with zero attached hydrogens (tertiary/aromatic N) is 5. The maximum atomic E-state index is 12.7. The number of anilines is 3. The van der Waals surface area contributed by atoms with Crippen LogP contribution in [-0.4, -0.2) is 51.9 Å². The topological polar surface area (TPSA) is 74.2 Å². The standard InChI is InChI=1S/C22H24N6O/c1-16-4-3-5-18(12-16)22(29)28-10-8-27(9-11-28)21-14-20(24-15-25-21)26-19-13-17(2)6-7-23-19/h3-7,12-15H,8-11H2,1-2H3,(H,23,24,25,26). The molecule has 1 saturated heterocycles. The molecule has 0 unspecified atom stereocenters. The number of amides is 1. The van der Waals surface area contributed by atoms with Crippen molar-refractivity contribution in [1.82, 2.24) is 19.9 Å². The third kappa shape index (κ3) is 4.51. The van der Waals surface area contributed by atoms with Crippen molar-refractivity contribution < 1.29 is 4.79 Å². The Bertz CT molecular complexity index is 1010. The van der Waals surface area contributed by atoms with Crippen LogP contribution in [0, 0.1) is 13.8 Å². The van der Waals surface area contributed by atoms with Crippen LogP contribution in [0.1, 0.15) is 21.5 Å². The highest BCUT2D eigenvalue weighted by Gasteiger charge is 2.23. The van der Waals surface area contributed by atoms with Crippen molar-refractivity contribution in [3.63, 3.8) is 0 Å². The highest BCUT2D eigenvalue weighted by atomic mass is 16.2. The summed E-state index contributed by atoms with van der Waals surface area (Å²) in [5.74, 6) is 2.39. The molecule has 148 valence electrons. The molecule has 1 fully saturated rings. The number of pyridine rings is 1. The minimum absolute atomic E-state index is 0.0870.